The Labute approximate surface area is 107 Å². The SMILES string of the molecule is CC(C=O)CCCCCCCCC(N)C(C)C. The molecule has 0 saturated carbocycles. The van der Waals surface area contributed by atoms with Crippen molar-refractivity contribution in [3.05, 3.63) is 0 Å². The van der Waals surface area contributed by atoms with Crippen LogP contribution in [0.15, 0.2) is 0 Å². The standard InChI is InChI=1S/C15H31NO/c1-13(2)15(16)11-9-7-5-4-6-8-10-14(3)12-17/h12-15H,4-11,16H2,1-3H3. The van der Waals surface area contributed by atoms with Crippen LogP contribution >= 0.6 is 0 Å². The molecule has 17 heavy (non-hydrogen) atoms. The molecular formula is C15H31NO. The molecule has 0 aliphatic heterocycles. The van der Waals surface area contributed by atoms with Crippen LogP contribution < -0.4 is 5.73 Å². The highest BCUT2D eigenvalue weighted by atomic mass is 16.1. The molecule has 0 aromatic heterocycles. The molecular weight excluding hydrogens is 210 g/mol. The van der Waals surface area contributed by atoms with Crippen LogP contribution in [-0.2, 0) is 4.79 Å². The number of hydrogen-bond acceptors (Lipinski definition) is 2. The molecule has 0 amide bonds. The van der Waals surface area contributed by atoms with Crippen LogP contribution in [0.4, 0.5) is 0 Å². The van der Waals surface area contributed by atoms with Gasteiger partial charge in [0.05, 0.1) is 0 Å². The van der Waals surface area contributed by atoms with Gasteiger partial charge in [0.1, 0.15) is 6.29 Å². The first-order chi connectivity index (χ1) is 8.07. The van der Waals surface area contributed by atoms with Crippen LogP contribution in [0.2, 0.25) is 0 Å². The largest absolute Gasteiger partial charge is 0.327 e. The summed E-state index contributed by atoms with van der Waals surface area (Å²) < 4.78 is 0. The zero-order valence-electron chi connectivity index (χ0n) is 12.0. The summed E-state index contributed by atoms with van der Waals surface area (Å²) in [4.78, 5) is 10.4. The van der Waals surface area contributed by atoms with Crippen molar-refractivity contribution in [1.82, 2.24) is 0 Å². The van der Waals surface area contributed by atoms with Crippen LogP contribution in [0.3, 0.4) is 0 Å². The zero-order valence-corrected chi connectivity index (χ0v) is 12.0. The van der Waals surface area contributed by atoms with Crippen molar-refractivity contribution in [2.45, 2.75) is 78.2 Å². The molecule has 2 heteroatoms. The Hall–Kier alpha value is -0.370. The van der Waals surface area contributed by atoms with Crippen LogP contribution in [0.1, 0.15) is 72.1 Å². The molecule has 2 atom stereocenters. The van der Waals surface area contributed by atoms with Crippen molar-refractivity contribution < 1.29 is 4.79 Å². The summed E-state index contributed by atoms with van der Waals surface area (Å²) in [6, 6.07) is 0.378. The second kappa shape index (κ2) is 10.8. The smallest absolute Gasteiger partial charge is 0.122 e. The zero-order chi connectivity index (χ0) is 13.1. The summed E-state index contributed by atoms with van der Waals surface area (Å²) in [5, 5.41) is 0. The lowest BCUT2D eigenvalue weighted by atomic mass is 9.98. The maximum absolute atomic E-state index is 10.4. The topological polar surface area (TPSA) is 43.1 Å². The first-order valence-corrected chi connectivity index (χ1v) is 7.28. The van der Waals surface area contributed by atoms with Gasteiger partial charge in [0.15, 0.2) is 0 Å². The molecule has 0 aromatic rings. The highest BCUT2D eigenvalue weighted by Crippen LogP contribution is 2.13. The van der Waals surface area contributed by atoms with Gasteiger partial charge < -0.3 is 10.5 Å². The van der Waals surface area contributed by atoms with Gasteiger partial charge >= 0.3 is 0 Å². The molecule has 0 radical (unpaired) electrons. The van der Waals surface area contributed by atoms with Gasteiger partial charge in [-0.3, -0.25) is 0 Å². The molecule has 102 valence electrons. The number of rotatable bonds is 11. The summed E-state index contributed by atoms with van der Waals surface area (Å²) in [5.41, 5.74) is 5.99. The molecule has 0 aromatic carbocycles. The van der Waals surface area contributed by atoms with Crippen LogP contribution in [0.25, 0.3) is 0 Å². The highest BCUT2D eigenvalue weighted by Gasteiger charge is 2.06. The quantitative estimate of drug-likeness (QED) is 0.440. The fraction of sp³-hybridized carbons (Fsp3) is 0.933. The van der Waals surface area contributed by atoms with Gasteiger partial charge in [0.25, 0.3) is 0 Å². The number of hydrogen-bond donors (Lipinski definition) is 1. The van der Waals surface area contributed by atoms with Crippen molar-refractivity contribution in [3.63, 3.8) is 0 Å². The third kappa shape index (κ3) is 10.5. The first kappa shape index (κ1) is 16.6. The molecule has 0 fully saturated rings. The van der Waals surface area contributed by atoms with E-state index < -0.39 is 0 Å². The molecule has 2 N–H and O–H groups in total. The average molecular weight is 241 g/mol. The molecule has 0 bridgehead atoms. The number of carbonyl (C=O) groups is 1. The van der Waals surface area contributed by atoms with Gasteiger partial charge in [0.2, 0.25) is 0 Å². The monoisotopic (exact) mass is 241 g/mol. The predicted molar refractivity (Wildman–Crippen MR) is 75.0 cm³/mol. The number of nitrogens with two attached hydrogens (primary N) is 1. The Morgan fingerprint density at radius 2 is 1.35 bits per heavy atom. The van der Waals surface area contributed by atoms with E-state index in [-0.39, 0.29) is 5.92 Å². The van der Waals surface area contributed by atoms with E-state index in [9.17, 15) is 4.79 Å². The maximum atomic E-state index is 10.4. The van der Waals surface area contributed by atoms with Crippen molar-refractivity contribution >= 4 is 6.29 Å². The minimum absolute atomic E-state index is 0.249. The molecule has 0 aliphatic carbocycles. The lowest BCUT2D eigenvalue weighted by Crippen LogP contribution is -2.25. The Balaban J connectivity index is 3.16. The van der Waals surface area contributed by atoms with Crippen LogP contribution in [0, 0.1) is 11.8 Å². The van der Waals surface area contributed by atoms with Gasteiger partial charge in [-0.05, 0) is 18.8 Å². The highest BCUT2D eigenvalue weighted by molar-refractivity contribution is 5.52. The van der Waals surface area contributed by atoms with E-state index in [1.165, 1.54) is 44.9 Å². The summed E-state index contributed by atoms with van der Waals surface area (Å²) in [7, 11) is 0. The molecule has 0 aliphatic rings. The lowest BCUT2D eigenvalue weighted by Gasteiger charge is -2.14. The molecule has 2 nitrogen and oxygen atoms in total. The van der Waals surface area contributed by atoms with E-state index in [2.05, 4.69) is 13.8 Å². The van der Waals surface area contributed by atoms with Crippen molar-refractivity contribution in [3.8, 4) is 0 Å². The Kier molecular flexibility index (Phi) is 10.5. The van der Waals surface area contributed by atoms with E-state index in [4.69, 9.17) is 5.73 Å². The van der Waals surface area contributed by atoms with E-state index in [1.54, 1.807) is 0 Å². The molecule has 0 saturated heterocycles. The molecule has 0 spiro atoms. The Morgan fingerprint density at radius 3 is 1.82 bits per heavy atom. The predicted octanol–water partition coefficient (Wildman–Crippen LogP) is 3.93. The second-order valence-corrected chi connectivity index (χ2v) is 5.72. The van der Waals surface area contributed by atoms with Gasteiger partial charge in [0, 0.05) is 12.0 Å². The van der Waals surface area contributed by atoms with Crippen LogP contribution in [-0.4, -0.2) is 12.3 Å². The minimum atomic E-state index is 0.249. The normalized spacial score (nSPS) is 14.9. The number of aldehydes is 1. The Bertz CT molecular complexity index is 180. The van der Waals surface area contributed by atoms with E-state index in [1.807, 2.05) is 6.92 Å². The summed E-state index contributed by atoms with van der Waals surface area (Å²) in [6.07, 6.45) is 11.0. The van der Waals surface area contributed by atoms with E-state index in [0.29, 0.717) is 12.0 Å². The van der Waals surface area contributed by atoms with Crippen molar-refractivity contribution in [1.29, 1.82) is 0 Å². The van der Waals surface area contributed by atoms with E-state index >= 15 is 0 Å². The molecule has 0 rings (SSSR count). The summed E-state index contributed by atoms with van der Waals surface area (Å²) in [5.74, 6) is 0.860. The molecule has 2 unspecified atom stereocenters. The summed E-state index contributed by atoms with van der Waals surface area (Å²) >= 11 is 0. The van der Waals surface area contributed by atoms with Gasteiger partial charge in [-0.15, -0.1) is 0 Å². The average Bonchev–Trinajstić information content (AvgIpc) is 2.31. The van der Waals surface area contributed by atoms with Crippen molar-refractivity contribution in [2.75, 3.05) is 0 Å². The maximum Gasteiger partial charge on any atom is 0.122 e. The van der Waals surface area contributed by atoms with Gasteiger partial charge in [-0.25, -0.2) is 0 Å². The molecule has 0 heterocycles. The fourth-order valence-electron chi connectivity index (χ4n) is 1.95. The van der Waals surface area contributed by atoms with Gasteiger partial charge in [-0.1, -0.05) is 59.3 Å². The number of unbranched alkanes of at least 4 members (excludes halogenated alkanes) is 5. The first-order valence-electron chi connectivity index (χ1n) is 7.28. The number of carbonyl (C=O) groups excluding carboxylic acids is 1. The fourth-order valence-corrected chi connectivity index (χ4v) is 1.95. The second-order valence-electron chi connectivity index (χ2n) is 5.72. The van der Waals surface area contributed by atoms with E-state index in [0.717, 1.165) is 12.7 Å². The minimum Gasteiger partial charge on any atom is -0.327 e. The summed E-state index contributed by atoms with van der Waals surface area (Å²) in [6.45, 7) is 6.39. The third-order valence-electron chi connectivity index (χ3n) is 3.54. The Morgan fingerprint density at radius 1 is 0.882 bits per heavy atom. The lowest BCUT2D eigenvalue weighted by molar-refractivity contribution is -0.110. The van der Waals surface area contributed by atoms with Crippen LogP contribution in [0.5, 0.6) is 0 Å². The van der Waals surface area contributed by atoms with Gasteiger partial charge in [-0.2, -0.15) is 0 Å². The van der Waals surface area contributed by atoms with Crippen molar-refractivity contribution in [2.24, 2.45) is 17.6 Å². The third-order valence-corrected chi connectivity index (χ3v) is 3.54.